The van der Waals surface area contributed by atoms with Crippen LogP contribution in [0.2, 0.25) is 0 Å². The minimum absolute atomic E-state index is 0.0656. The maximum Gasteiger partial charge on any atom is 0.278 e. The number of nitroso groups, excluding NO2 is 1. The van der Waals surface area contributed by atoms with E-state index < -0.39 is 10.8 Å². The minimum atomic E-state index is -0.528. The van der Waals surface area contributed by atoms with E-state index >= 15 is 0 Å². The molecule has 0 saturated carbocycles. The highest BCUT2D eigenvalue weighted by atomic mass is 16.6. The summed E-state index contributed by atoms with van der Waals surface area (Å²) in [4.78, 5) is 33.3. The van der Waals surface area contributed by atoms with Crippen molar-refractivity contribution in [3.05, 3.63) is 68.1 Å². The van der Waals surface area contributed by atoms with Crippen molar-refractivity contribution in [3.8, 4) is 5.75 Å². The van der Waals surface area contributed by atoms with Crippen LogP contribution in [0, 0.1) is 21.9 Å². The van der Waals surface area contributed by atoms with Gasteiger partial charge in [0, 0.05) is 6.07 Å². The van der Waals surface area contributed by atoms with Crippen molar-refractivity contribution in [1.29, 1.82) is 0 Å². The van der Waals surface area contributed by atoms with E-state index in [2.05, 4.69) is 15.7 Å². The second-order valence-electron chi connectivity index (χ2n) is 6.32. The van der Waals surface area contributed by atoms with Gasteiger partial charge in [0.05, 0.1) is 16.7 Å². The lowest BCUT2D eigenvalue weighted by Crippen LogP contribution is -2.25. The topological polar surface area (TPSA) is 123 Å². The summed E-state index contributed by atoms with van der Waals surface area (Å²) in [7, 11) is 0. The van der Waals surface area contributed by atoms with Crippen molar-refractivity contribution in [1.82, 2.24) is 5.43 Å². The zero-order valence-corrected chi connectivity index (χ0v) is 15.7. The second-order valence-corrected chi connectivity index (χ2v) is 6.32. The minimum Gasteiger partial charge on any atom is -0.483 e. The fraction of sp³-hybridized carbons (Fsp3) is 0.263. The number of nitro groups is 1. The van der Waals surface area contributed by atoms with Gasteiger partial charge in [0.2, 0.25) is 0 Å². The Morgan fingerprint density at radius 2 is 2.04 bits per heavy atom. The molecule has 0 aliphatic carbocycles. The van der Waals surface area contributed by atoms with Gasteiger partial charge in [-0.2, -0.15) is 5.10 Å². The van der Waals surface area contributed by atoms with E-state index in [9.17, 15) is 19.8 Å². The number of aryl methyl sites for hydroxylation is 1. The van der Waals surface area contributed by atoms with E-state index in [1.807, 2.05) is 13.8 Å². The fourth-order valence-electron chi connectivity index (χ4n) is 2.47. The third-order valence-electron chi connectivity index (χ3n) is 3.93. The van der Waals surface area contributed by atoms with Gasteiger partial charge in [-0.1, -0.05) is 26.0 Å². The number of hydrogen-bond donors (Lipinski definition) is 1. The quantitative estimate of drug-likeness (QED) is 0.319. The van der Waals surface area contributed by atoms with Crippen LogP contribution in [0.5, 0.6) is 5.75 Å². The molecule has 0 spiro atoms. The predicted octanol–water partition coefficient (Wildman–Crippen LogP) is 3.95. The molecule has 2 aromatic carbocycles. The lowest BCUT2D eigenvalue weighted by atomic mass is 9.99. The van der Waals surface area contributed by atoms with E-state index in [1.165, 1.54) is 18.3 Å². The SMILES string of the molecule is Cc1cc(OCC(=O)N/N=C/c2ccccc2[N+](=O)[O-])c(C(C)C)cc1N=O. The normalized spacial score (nSPS) is 10.9. The molecule has 1 N–H and O–H groups in total. The van der Waals surface area contributed by atoms with Crippen LogP contribution in [-0.4, -0.2) is 23.7 Å². The monoisotopic (exact) mass is 384 g/mol. The number of nitro benzene ring substituents is 1. The molecule has 0 fully saturated rings. The van der Waals surface area contributed by atoms with Crippen molar-refractivity contribution < 1.29 is 14.5 Å². The lowest BCUT2D eigenvalue weighted by molar-refractivity contribution is -0.385. The Kier molecular flexibility index (Phi) is 6.91. The fourth-order valence-corrected chi connectivity index (χ4v) is 2.47. The third-order valence-corrected chi connectivity index (χ3v) is 3.93. The van der Waals surface area contributed by atoms with E-state index in [0.717, 1.165) is 5.56 Å². The first kappa shape index (κ1) is 20.7. The number of hydrazone groups is 1. The van der Waals surface area contributed by atoms with Crippen LogP contribution in [0.4, 0.5) is 11.4 Å². The van der Waals surface area contributed by atoms with E-state index in [4.69, 9.17) is 4.74 Å². The Labute approximate surface area is 161 Å². The highest BCUT2D eigenvalue weighted by Crippen LogP contribution is 2.33. The molecule has 0 aliphatic heterocycles. The summed E-state index contributed by atoms with van der Waals surface area (Å²) in [6.45, 7) is 5.29. The summed E-state index contributed by atoms with van der Waals surface area (Å²) in [6.07, 6.45) is 1.20. The second kappa shape index (κ2) is 9.36. The predicted molar refractivity (Wildman–Crippen MR) is 105 cm³/mol. The number of rotatable bonds is 8. The van der Waals surface area contributed by atoms with Crippen LogP contribution in [0.1, 0.15) is 36.5 Å². The van der Waals surface area contributed by atoms with Gasteiger partial charge in [0.25, 0.3) is 11.6 Å². The van der Waals surface area contributed by atoms with Crippen molar-refractivity contribution in [2.45, 2.75) is 26.7 Å². The Bertz CT molecular complexity index is 925. The highest BCUT2D eigenvalue weighted by Gasteiger charge is 2.14. The number of carbonyl (C=O) groups is 1. The van der Waals surface area contributed by atoms with Gasteiger partial charge in [-0.3, -0.25) is 14.9 Å². The number of benzene rings is 2. The Balaban J connectivity index is 2.03. The number of nitrogens with one attached hydrogen (secondary N) is 1. The zero-order valence-electron chi connectivity index (χ0n) is 15.7. The summed E-state index contributed by atoms with van der Waals surface area (Å²) in [5.74, 6) is 0.0216. The smallest absolute Gasteiger partial charge is 0.278 e. The molecule has 2 aromatic rings. The Hall–Kier alpha value is -3.62. The average Bonchev–Trinajstić information content (AvgIpc) is 2.66. The first-order chi connectivity index (χ1) is 13.3. The molecule has 9 heteroatoms. The summed E-state index contributed by atoms with van der Waals surface area (Å²) >= 11 is 0. The average molecular weight is 384 g/mol. The Morgan fingerprint density at radius 3 is 2.68 bits per heavy atom. The standard InChI is InChI=1S/C19H20N4O5/c1-12(2)15-9-16(22-25)13(3)8-18(15)28-11-19(24)21-20-10-14-6-4-5-7-17(14)23(26)27/h4-10,12H,11H2,1-3H3,(H,21,24)/b20-10+. The molecule has 1 amide bonds. The van der Waals surface area contributed by atoms with Gasteiger partial charge in [0.15, 0.2) is 6.61 Å². The number of hydrogen-bond acceptors (Lipinski definition) is 7. The van der Waals surface area contributed by atoms with Crippen LogP contribution >= 0.6 is 0 Å². The lowest BCUT2D eigenvalue weighted by Gasteiger charge is -2.15. The number of ether oxygens (including phenoxy) is 1. The zero-order chi connectivity index (χ0) is 20.7. The first-order valence-corrected chi connectivity index (χ1v) is 8.49. The van der Waals surface area contributed by atoms with Crippen molar-refractivity contribution >= 4 is 23.5 Å². The van der Waals surface area contributed by atoms with Crippen LogP contribution in [0.3, 0.4) is 0 Å². The summed E-state index contributed by atoms with van der Waals surface area (Å²) in [5.41, 5.74) is 4.15. The molecule has 0 saturated heterocycles. The maximum absolute atomic E-state index is 12.0. The van der Waals surface area contributed by atoms with Crippen LogP contribution < -0.4 is 10.2 Å². The molecule has 9 nitrogen and oxygen atoms in total. The van der Waals surface area contributed by atoms with Crippen molar-refractivity contribution in [2.24, 2.45) is 10.3 Å². The summed E-state index contributed by atoms with van der Waals surface area (Å²) in [6, 6.07) is 9.35. The molecule has 0 aliphatic rings. The molecule has 0 heterocycles. The highest BCUT2D eigenvalue weighted by molar-refractivity contribution is 5.86. The largest absolute Gasteiger partial charge is 0.483 e. The van der Waals surface area contributed by atoms with Gasteiger partial charge >= 0.3 is 0 Å². The molecule has 0 radical (unpaired) electrons. The van der Waals surface area contributed by atoms with Crippen LogP contribution in [0.15, 0.2) is 46.7 Å². The molecule has 0 atom stereocenters. The first-order valence-electron chi connectivity index (χ1n) is 8.49. The van der Waals surface area contributed by atoms with Crippen molar-refractivity contribution in [3.63, 3.8) is 0 Å². The summed E-state index contributed by atoms with van der Waals surface area (Å²) in [5, 5.41) is 17.7. The van der Waals surface area contributed by atoms with Crippen LogP contribution in [-0.2, 0) is 4.79 Å². The maximum atomic E-state index is 12.0. The number of para-hydroxylation sites is 1. The van der Waals surface area contributed by atoms with Gasteiger partial charge in [0.1, 0.15) is 11.4 Å². The molecular formula is C19H20N4O5. The number of amides is 1. The van der Waals surface area contributed by atoms with Gasteiger partial charge in [-0.05, 0) is 47.3 Å². The van der Waals surface area contributed by atoms with E-state index in [-0.39, 0.29) is 23.8 Å². The number of nitrogens with zero attached hydrogens (tertiary/aromatic N) is 3. The molecule has 0 unspecified atom stereocenters. The molecule has 0 aromatic heterocycles. The molecule has 0 bridgehead atoms. The van der Waals surface area contributed by atoms with Gasteiger partial charge in [-0.15, -0.1) is 4.91 Å². The molecule has 28 heavy (non-hydrogen) atoms. The van der Waals surface area contributed by atoms with E-state index in [0.29, 0.717) is 17.0 Å². The van der Waals surface area contributed by atoms with Gasteiger partial charge in [-0.25, -0.2) is 5.43 Å². The molecule has 146 valence electrons. The van der Waals surface area contributed by atoms with Crippen molar-refractivity contribution in [2.75, 3.05) is 6.61 Å². The van der Waals surface area contributed by atoms with E-state index in [1.54, 1.807) is 31.2 Å². The Morgan fingerprint density at radius 1 is 1.32 bits per heavy atom. The van der Waals surface area contributed by atoms with Gasteiger partial charge < -0.3 is 4.74 Å². The van der Waals surface area contributed by atoms with Crippen LogP contribution in [0.25, 0.3) is 0 Å². The number of carbonyl (C=O) groups excluding carboxylic acids is 1. The molecule has 2 rings (SSSR count). The molecular weight excluding hydrogens is 364 g/mol. The third kappa shape index (κ3) is 5.19. The summed E-state index contributed by atoms with van der Waals surface area (Å²) < 4.78 is 5.57.